The molecule has 2 saturated heterocycles. The molecule has 2 bridgehead atoms. The molecule has 21 heavy (non-hydrogen) atoms. The molecule has 2 amide bonds. The molecule has 3 rings (SSSR count). The Bertz CT molecular complexity index is 380. The maximum atomic E-state index is 12.5. The minimum absolute atomic E-state index is 0.166. The van der Waals surface area contributed by atoms with Gasteiger partial charge in [0.25, 0.3) is 0 Å². The molecule has 0 aromatic rings. The fraction of sp³-hybridized carbons (Fsp3) is 0.941. The number of nitrogens with one attached hydrogen (secondary N) is 1. The van der Waals surface area contributed by atoms with Crippen molar-refractivity contribution in [2.75, 3.05) is 13.1 Å². The van der Waals surface area contributed by atoms with Crippen molar-refractivity contribution in [3.05, 3.63) is 0 Å². The first kappa shape index (κ1) is 15.1. The number of likely N-dealkylation sites (tertiary alicyclic amines) is 1. The molecule has 0 spiro atoms. The number of carbonyl (C=O) groups excluding carboxylic acids is 1. The van der Waals surface area contributed by atoms with Crippen molar-refractivity contribution in [1.82, 2.24) is 15.1 Å². The van der Waals surface area contributed by atoms with E-state index in [4.69, 9.17) is 0 Å². The van der Waals surface area contributed by atoms with Crippen LogP contribution in [-0.4, -0.2) is 53.1 Å². The monoisotopic (exact) mass is 293 g/mol. The number of amides is 2. The highest BCUT2D eigenvalue weighted by molar-refractivity contribution is 5.74. The van der Waals surface area contributed by atoms with E-state index < -0.39 is 0 Å². The van der Waals surface area contributed by atoms with Gasteiger partial charge in [-0.1, -0.05) is 12.8 Å². The maximum absolute atomic E-state index is 12.5. The lowest BCUT2D eigenvalue weighted by atomic mass is 10.1. The van der Waals surface area contributed by atoms with E-state index in [0.717, 1.165) is 31.8 Å². The van der Waals surface area contributed by atoms with E-state index in [1.807, 2.05) is 0 Å². The molecule has 4 heteroatoms. The van der Waals surface area contributed by atoms with Gasteiger partial charge in [-0.2, -0.15) is 0 Å². The first-order chi connectivity index (χ1) is 10.0. The van der Waals surface area contributed by atoms with Gasteiger partial charge in [-0.25, -0.2) is 4.79 Å². The van der Waals surface area contributed by atoms with Crippen molar-refractivity contribution in [3.8, 4) is 0 Å². The molecule has 4 nitrogen and oxygen atoms in total. The average molecular weight is 293 g/mol. The van der Waals surface area contributed by atoms with Crippen molar-refractivity contribution in [3.63, 3.8) is 0 Å². The molecule has 3 fully saturated rings. The van der Waals surface area contributed by atoms with Gasteiger partial charge in [-0.05, 0) is 52.4 Å². The molecular weight excluding hydrogens is 262 g/mol. The zero-order valence-corrected chi connectivity index (χ0v) is 13.8. The Morgan fingerprint density at radius 2 is 1.81 bits per heavy atom. The van der Waals surface area contributed by atoms with Crippen LogP contribution in [0.5, 0.6) is 0 Å². The fourth-order valence-electron chi connectivity index (χ4n) is 4.35. The van der Waals surface area contributed by atoms with Gasteiger partial charge in [0.05, 0.1) is 0 Å². The van der Waals surface area contributed by atoms with Crippen LogP contribution in [0.25, 0.3) is 0 Å². The topological polar surface area (TPSA) is 35.6 Å². The molecule has 2 heterocycles. The van der Waals surface area contributed by atoms with E-state index in [1.54, 1.807) is 0 Å². The minimum Gasteiger partial charge on any atom is -0.336 e. The predicted octanol–water partition coefficient (Wildman–Crippen LogP) is 2.83. The third-order valence-electron chi connectivity index (χ3n) is 5.48. The standard InChI is InChI=1S/C17H31N3O/c1-12(2)20-15-6-7-16(20)11-19(9-8-15)17(21)18-13(3)10-14-4-5-14/h12-16H,4-11H2,1-3H3,(H,18,21)/t13-,15+,16-/m0/s1. The third-order valence-corrected chi connectivity index (χ3v) is 5.48. The Balaban J connectivity index is 1.55. The third kappa shape index (κ3) is 3.53. The van der Waals surface area contributed by atoms with Gasteiger partial charge >= 0.3 is 6.03 Å². The maximum Gasteiger partial charge on any atom is 0.317 e. The molecule has 0 aromatic carbocycles. The van der Waals surface area contributed by atoms with E-state index in [2.05, 4.69) is 35.9 Å². The van der Waals surface area contributed by atoms with Gasteiger partial charge in [-0.15, -0.1) is 0 Å². The molecule has 0 unspecified atom stereocenters. The fourth-order valence-corrected chi connectivity index (χ4v) is 4.35. The zero-order chi connectivity index (χ0) is 15.0. The molecule has 1 N–H and O–H groups in total. The smallest absolute Gasteiger partial charge is 0.317 e. The number of fused-ring (bicyclic) bond motifs is 2. The Labute approximate surface area is 129 Å². The molecule has 1 aliphatic carbocycles. The highest BCUT2D eigenvalue weighted by Gasteiger charge is 2.39. The largest absolute Gasteiger partial charge is 0.336 e. The highest BCUT2D eigenvalue weighted by atomic mass is 16.2. The highest BCUT2D eigenvalue weighted by Crippen LogP contribution is 2.34. The lowest BCUT2D eigenvalue weighted by Crippen LogP contribution is -2.48. The Morgan fingerprint density at radius 3 is 2.48 bits per heavy atom. The summed E-state index contributed by atoms with van der Waals surface area (Å²) in [7, 11) is 0. The number of carbonyl (C=O) groups is 1. The number of hydrogen-bond acceptors (Lipinski definition) is 2. The van der Waals surface area contributed by atoms with Crippen LogP contribution in [-0.2, 0) is 0 Å². The summed E-state index contributed by atoms with van der Waals surface area (Å²) in [5.41, 5.74) is 0. The molecule has 3 atom stereocenters. The molecule has 0 radical (unpaired) electrons. The van der Waals surface area contributed by atoms with Gasteiger partial charge in [0, 0.05) is 37.3 Å². The summed E-state index contributed by atoms with van der Waals surface area (Å²) >= 11 is 0. The summed E-state index contributed by atoms with van der Waals surface area (Å²) in [5.74, 6) is 0.872. The van der Waals surface area contributed by atoms with Gasteiger partial charge < -0.3 is 10.2 Å². The van der Waals surface area contributed by atoms with Gasteiger partial charge in [-0.3, -0.25) is 4.90 Å². The number of nitrogens with zero attached hydrogens (tertiary/aromatic N) is 2. The van der Waals surface area contributed by atoms with E-state index in [0.29, 0.717) is 24.2 Å². The van der Waals surface area contributed by atoms with E-state index in [9.17, 15) is 4.79 Å². The SMILES string of the molecule is CC(C)N1[C@@H]2CC[C@H]1CN(C(=O)N[C@@H](C)CC1CC1)CC2. The van der Waals surface area contributed by atoms with Crippen LogP contribution in [0.2, 0.25) is 0 Å². The van der Waals surface area contributed by atoms with Crippen LogP contribution in [0.3, 0.4) is 0 Å². The zero-order valence-electron chi connectivity index (χ0n) is 13.8. The van der Waals surface area contributed by atoms with Gasteiger partial charge in [0.1, 0.15) is 0 Å². The van der Waals surface area contributed by atoms with Crippen molar-refractivity contribution in [1.29, 1.82) is 0 Å². The van der Waals surface area contributed by atoms with E-state index in [1.165, 1.54) is 25.7 Å². The van der Waals surface area contributed by atoms with Gasteiger partial charge in [0.2, 0.25) is 0 Å². The van der Waals surface area contributed by atoms with E-state index >= 15 is 0 Å². The molecule has 120 valence electrons. The molecule has 1 saturated carbocycles. The van der Waals surface area contributed by atoms with Crippen LogP contribution in [0.4, 0.5) is 4.79 Å². The normalized spacial score (nSPS) is 31.3. The summed E-state index contributed by atoms with van der Waals surface area (Å²) in [6.45, 7) is 8.57. The molecule has 2 aliphatic heterocycles. The molecule has 3 aliphatic rings. The summed E-state index contributed by atoms with van der Waals surface area (Å²) in [6, 6.07) is 2.35. The molecular formula is C17H31N3O. The summed E-state index contributed by atoms with van der Waals surface area (Å²) < 4.78 is 0. The van der Waals surface area contributed by atoms with Crippen LogP contribution in [0, 0.1) is 5.92 Å². The van der Waals surface area contributed by atoms with Crippen LogP contribution in [0.15, 0.2) is 0 Å². The van der Waals surface area contributed by atoms with Crippen LogP contribution >= 0.6 is 0 Å². The Kier molecular flexibility index (Phi) is 4.43. The van der Waals surface area contributed by atoms with Crippen molar-refractivity contribution < 1.29 is 4.79 Å². The predicted molar refractivity (Wildman–Crippen MR) is 85.3 cm³/mol. The second-order valence-corrected chi connectivity index (χ2v) is 7.69. The average Bonchev–Trinajstić information content (AvgIpc) is 3.12. The number of hydrogen-bond donors (Lipinski definition) is 1. The lowest BCUT2D eigenvalue weighted by Gasteiger charge is -2.32. The Morgan fingerprint density at radius 1 is 1.10 bits per heavy atom. The molecule has 0 aromatic heterocycles. The lowest BCUT2D eigenvalue weighted by molar-refractivity contribution is 0.146. The van der Waals surface area contributed by atoms with Crippen LogP contribution in [0.1, 0.15) is 59.3 Å². The first-order valence-electron chi connectivity index (χ1n) is 8.87. The quantitative estimate of drug-likeness (QED) is 0.865. The summed E-state index contributed by atoms with van der Waals surface area (Å²) in [6.07, 6.45) is 7.58. The second kappa shape index (κ2) is 6.15. The summed E-state index contributed by atoms with van der Waals surface area (Å²) in [5, 5.41) is 3.22. The van der Waals surface area contributed by atoms with Gasteiger partial charge in [0.15, 0.2) is 0 Å². The summed E-state index contributed by atoms with van der Waals surface area (Å²) in [4.78, 5) is 17.2. The minimum atomic E-state index is 0.166. The van der Waals surface area contributed by atoms with Crippen molar-refractivity contribution in [2.45, 2.75) is 83.5 Å². The number of rotatable bonds is 4. The Hall–Kier alpha value is -0.770. The van der Waals surface area contributed by atoms with Crippen LogP contribution < -0.4 is 5.32 Å². The van der Waals surface area contributed by atoms with Crippen molar-refractivity contribution in [2.24, 2.45) is 5.92 Å². The second-order valence-electron chi connectivity index (χ2n) is 7.69. The number of urea groups is 1. The van der Waals surface area contributed by atoms with E-state index in [-0.39, 0.29) is 6.03 Å². The van der Waals surface area contributed by atoms with Crippen molar-refractivity contribution >= 4 is 6.03 Å². The first-order valence-corrected chi connectivity index (χ1v) is 8.87.